The number of carbonyl (C=O) groups is 9. The number of aromatic nitrogens is 1. The molecule has 23 heteroatoms. The Labute approximate surface area is 534 Å². The predicted octanol–water partition coefficient (Wildman–Crippen LogP) is 8.26. The van der Waals surface area contributed by atoms with E-state index in [1.165, 1.54) is 43.1 Å². The molecule has 3 aromatic rings. The lowest BCUT2D eigenvalue weighted by Gasteiger charge is -2.41. The molecule has 1 aromatic heterocycles. The summed E-state index contributed by atoms with van der Waals surface area (Å²) in [6.45, 7) is 16.3. The first kappa shape index (κ1) is 71.2. The second kappa shape index (κ2) is 31.7. The zero-order chi connectivity index (χ0) is 65.7. The Morgan fingerprint density at radius 3 is 2.47 bits per heavy atom. The summed E-state index contributed by atoms with van der Waals surface area (Å²) < 4.78 is 29.5. The van der Waals surface area contributed by atoms with Crippen molar-refractivity contribution in [2.45, 2.75) is 173 Å². The number of anilines is 1. The number of rotatable bonds is 25. The predicted molar refractivity (Wildman–Crippen MR) is 339 cm³/mol. The molecule has 89 heavy (non-hydrogen) atoms. The summed E-state index contributed by atoms with van der Waals surface area (Å²) >= 11 is 10.1. The lowest BCUT2D eigenvalue weighted by molar-refractivity contribution is -0.187. The van der Waals surface area contributed by atoms with Crippen LogP contribution in [0, 0.1) is 24.7 Å². The fraction of sp³-hybridized carbons (Fsp3) is 0.545. The molecule has 3 aliphatic heterocycles. The van der Waals surface area contributed by atoms with Gasteiger partial charge in [-0.1, -0.05) is 96.9 Å². The molecule has 4 bridgehead atoms. The summed E-state index contributed by atoms with van der Waals surface area (Å²) in [5, 5.41) is 18.5. The maximum Gasteiger partial charge on any atom is 0.334 e. The molecule has 5 N–H and O–H groups in total. The Morgan fingerprint density at radius 2 is 1.79 bits per heavy atom. The molecule has 6 rings (SSSR count). The van der Waals surface area contributed by atoms with Crippen molar-refractivity contribution in [2.75, 3.05) is 44.6 Å². The summed E-state index contributed by atoms with van der Waals surface area (Å²) in [5.41, 5.74) is 6.47. The Hall–Kier alpha value is -6.85. The van der Waals surface area contributed by atoms with Gasteiger partial charge in [0.25, 0.3) is 5.91 Å². The number of benzene rings is 2. The Bertz CT molecular complexity index is 3230. The molecule has 0 saturated carbocycles. The number of esters is 3. The molecule has 0 spiro atoms. The molecule has 2 fully saturated rings. The maximum absolute atomic E-state index is 14.7. The second-order valence-electron chi connectivity index (χ2n) is 24.3. The third-order valence-corrected chi connectivity index (χ3v) is 18.4. The quantitative estimate of drug-likeness (QED) is 0.0155. The highest BCUT2D eigenvalue weighted by molar-refractivity contribution is 9.09. The van der Waals surface area contributed by atoms with Gasteiger partial charge in [-0.25, -0.2) is 14.4 Å². The van der Waals surface area contributed by atoms with Crippen LogP contribution in [0.2, 0.25) is 5.02 Å². The average Bonchev–Trinajstić information content (AvgIpc) is 1.59. The number of primary amides is 1. The van der Waals surface area contributed by atoms with Gasteiger partial charge in [-0.3, -0.25) is 33.8 Å². The van der Waals surface area contributed by atoms with Crippen LogP contribution in [0.4, 0.5) is 10.5 Å². The number of likely N-dealkylation sites (N-methyl/N-ethyl adjacent to an activating group) is 1. The van der Waals surface area contributed by atoms with Gasteiger partial charge in [-0.05, 0) is 107 Å². The SMILES string of the molecule is C=C(CBr)C(=O)OCCCCCC(=O)C[C@H](C(=O)N[C@@H](CCCNC(N)=O)C(=O)Cc1ccc(C(=O)N(C)[C@@H](C)C(=O)O[C@H]2CC(=O)N(C)c3cc(cc(C)c3Cl)C/C(C)=C/C=C/[C@@H](OC)[C@]3(O)CC(=O)O[C@@H](C3)[C@@H](C)[C@@H]3O[C@@]23C)c2cccnc12)C(C)C. The smallest absolute Gasteiger partial charge is 0.334 e. The van der Waals surface area contributed by atoms with Crippen LogP contribution in [0.1, 0.15) is 133 Å². The number of alkyl halides is 1. The zero-order valence-electron chi connectivity index (χ0n) is 52.6. The van der Waals surface area contributed by atoms with Gasteiger partial charge in [0.05, 0.1) is 47.8 Å². The minimum atomic E-state index is -1.65. The molecule has 10 atom stereocenters. The summed E-state index contributed by atoms with van der Waals surface area (Å²) in [4.78, 5) is 129. The van der Waals surface area contributed by atoms with E-state index in [9.17, 15) is 48.3 Å². The Morgan fingerprint density at radius 1 is 1.06 bits per heavy atom. The molecular formula is C66H86BrClN6O15. The van der Waals surface area contributed by atoms with Crippen LogP contribution < -0.4 is 21.3 Å². The first-order valence-corrected chi connectivity index (χ1v) is 31.7. The van der Waals surface area contributed by atoms with E-state index >= 15 is 0 Å². The van der Waals surface area contributed by atoms with Crippen LogP contribution in [0.5, 0.6) is 0 Å². The monoisotopic (exact) mass is 1320 g/mol. The van der Waals surface area contributed by atoms with Crippen LogP contribution in [0.15, 0.2) is 78.5 Å². The first-order valence-electron chi connectivity index (χ1n) is 30.2. The number of nitrogens with one attached hydrogen (secondary N) is 2. The maximum atomic E-state index is 14.7. The van der Waals surface area contributed by atoms with E-state index in [0.717, 1.165) is 16.7 Å². The normalized spacial score (nSPS) is 24.0. The van der Waals surface area contributed by atoms with E-state index in [0.29, 0.717) is 63.8 Å². The van der Waals surface area contributed by atoms with Crippen molar-refractivity contribution in [1.29, 1.82) is 0 Å². The van der Waals surface area contributed by atoms with E-state index in [1.54, 1.807) is 51.2 Å². The number of ether oxygens (including phenoxy) is 5. The Balaban J connectivity index is 1.21. The summed E-state index contributed by atoms with van der Waals surface area (Å²) in [6, 6.07) is 7.08. The van der Waals surface area contributed by atoms with Crippen molar-refractivity contribution in [3.05, 3.63) is 106 Å². The first-order chi connectivity index (χ1) is 42.0. The van der Waals surface area contributed by atoms with Gasteiger partial charge in [0, 0.05) is 93.3 Å². The number of allylic oxidation sites excluding steroid dienone is 3. The van der Waals surface area contributed by atoms with Gasteiger partial charge in [0.2, 0.25) is 11.8 Å². The Kier molecular flexibility index (Phi) is 25.4. The number of aryl methyl sites for hydroxylation is 1. The highest BCUT2D eigenvalue weighted by Gasteiger charge is 2.64. The number of methoxy groups -OCH3 is 1. The number of unbranched alkanes of at least 4 members (excludes halogenated alkanes) is 2. The number of aliphatic hydroxyl groups is 1. The van der Waals surface area contributed by atoms with Gasteiger partial charge < -0.3 is 55.0 Å². The third-order valence-electron chi connectivity index (χ3n) is 17.2. The number of halogens is 2. The lowest BCUT2D eigenvalue weighted by Crippen LogP contribution is -2.53. The molecule has 4 heterocycles. The number of pyridine rings is 1. The van der Waals surface area contributed by atoms with E-state index in [-0.39, 0.29) is 75.4 Å². The molecule has 2 aromatic carbocycles. The number of nitrogens with zero attached hydrogens (tertiary/aromatic N) is 3. The second-order valence-corrected chi connectivity index (χ2v) is 25.3. The fourth-order valence-electron chi connectivity index (χ4n) is 11.5. The molecule has 0 aliphatic carbocycles. The van der Waals surface area contributed by atoms with Crippen LogP contribution in [0.25, 0.3) is 10.9 Å². The summed E-state index contributed by atoms with van der Waals surface area (Å²) in [7, 11) is 4.46. The lowest BCUT2D eigenvalue weighted by atomic mass is 9.78. The van der Waals surface area contributed by atoms with Crippen molar-refractivity contribution in [3.8, 4) is 0 Å². The van der Waals surface area contributed by atoms with Crippen molar-refractivity contribution >= 4 is 97.3 Å². The number of urea groups is 1. The number of carbonyl (C=O) groups excluding carboxylic acids is 9. The van der Waals surface area contributed by atoms with E-state index in [1.807, 2.05) is 45.9 Å². The average molecular weight is 1320 g/mol. The van der Waals surface area contributed by atoms with Crippen molar-refractivity contribution in [1.82, 2.24) is 20.5 Å². The number of fused-ring (bicyclic) bond motifs is 6. The number of epoxide rings is 1. The highest BCUT2D eigenvalue weighted by Crippen LogP contribution is 2.50. The van der Waals surface area contributed by atoms with Crippen molar-refractivity contribution in [3.63, 3.8) is 0 Å². The fourth-order valence-corrected chi connectivity index (χ4v) is 12.0. The zero-order valence-corrected chi connectivity index (χ0v) is 55.0. The standard InChI is InChI=1S/C66H86BrClN6O15/c1-37(2)48(32-45(75)19-13-12-14-27-86-62(81)40(5)36-67)60(79)72-49(21-17-26-71-64(69)83)51(76)31-44-23-24-47(46-20-16-25-70-58(44)46)61(80)73(9)42(7)63(82)88-54-33-55(77)74(10)50-30-43(29-39(4)57(50)68)28-38(3)18-15-22-53(85-11)66(84)34-52(87-56(78)35-66)41(6)59-65(54,8)89-59/h15-16,18,20,22-25,29-30,37,41-42,48-49,52-54,59,84H,5,12-14,17,19,21,26-28,31-36H2,1-4,6-11H3,(H,72,79)(H3,69,71,83)/b22-15+,38-18+/t41-,42+,48+,49+,52+,53-,54+,59+,65+,66-/m1/s1. The third kappa shape index (κ3) is 18.4. The van der Waals surface area contributed by atoms with Gasteiger partial charge in [0.1, 0.15) is 41.3 Å². The number of ketones is 2. The highest BCUT2D eigenvalue weighted by atomic mass is 79.9. The molecule has 484 valence electrons. The minimum absolute atomic E-state index is 0.00932. The van der Waals surface area contributed by atoms with Crippen LogP contribution in [0.3, 0.4) is 0 Å². The number of amides is 5. The number of hydrogen-bond donors (Lipinski definition) is 4. The summed E-state index contributed by atoms with van der Waals surface area (Å²) in [6.07, 6.45) is 4.85. The molecule has 3 aliphatic rings. The molecule has 0 radical (unpaired) electrons. The van der Waals surface area contributed by atoms with Crippen molar-refractivity contribution < 1.29 is 71.9 Å². The summed E-state index contributed by atoms with van der Waals surface area (Å²) in [5.74, 6) is -5.70. The number of Topliss-reactive ketones (excluding diaryl/α,β-unsaturated/α-hetero) is 2. The van der Waals surface area contributed by atoms with E-state index in [2.05, 4.69) is 38.1 Å². The molecular weight excluding hydrogens is 1230 g/mol. The van der Waals surface area contributed by atoms with E-state index in [4.69, 9.17) is 41.0 Å². The van der Waals surface area contributed by atoms with Gasteiger partial charge >= 0.3 is 23.9 Å². The van der Waals surface area contributed by atoms with Gasteiger partial charge in [-0.15, -0.1) is 0 Å². The largest absolute Gasteiger partial charge is 0.462 e. The molecule has 0 unspecified atom stereocenters. The number of hydrogen-bond acceptors (Lipinski definition) is 16. The molecule has 2 saturated heterocycles. The number of nitrogens with two attached hydrogens (primary N) is 1. The van der Waals surface area contributed by atoms with Gasteiger partial charge in [0.15, 0.2) is 5.78 Å². The van der Waals surface area contributed by atoms with Crippen LogP contribution >= 0.6 is 27.5 Å². The van der Waals surface area contributed by atoms with Crippen LogP contribution in [-0.4, -0.2) is 156 Å². The van der Waals surface area contributed by atoms with E-state index < -0.39 is 113 Å². The van der Waals surface area contributed by atoms with Gasteiger partial charge in [-0.2, -0.15) is 0 Å². The topological polar surface area (TPSA) is 293 Å². The van der Waals surface area contributed by atoms with Crippen LogP contribution in [-0.2, 0) is 70.1 Å². The van der Waals surface area contributed by atoms with Crippen molar-refractivity contribution in [2.24, 2.45) is 23.5 Å². The molecule has 5 amide bonds. The molecule has 21 nitrogen and oxygen atoms in total. The minimum Gasteiger partial charge on any atom is -0.462 e.